The molecule has 0 aliphatic carbocycles. The molecule has 2 aromatic carbocycles. The van der Waals surface area contributed by atoms with Gasteiger partial charge in [0, 0.05) is 45.7 Å². The molecule has 0 aliphatic heterocycles. The number of benzene rings is 2. The molecule has 132 valence electrons. The Morgan fingerprint density at radius 2 is 1.77 bits per heavy atom. The third-order valence-corrected chi connectivity index (χ3v) is 4.25. The number of H-pyrrole nitrogens is 1. The van der Waals surface area contributed by atoms with Crippen LogP contribution in [0.2, 0.25) is 0 Å². The van der Waals surface area contributed by atoms with Crippen LogP contribution in [0.15, 0.2) is 64.3 Å². The van der Waals surface area contributed by atoms with Crippen molar-refractivity contribution in [1.82, 2.24) is 10.4 Å². The Kier molecular flexibility index (Phi) is 5.80. The van der Waals surface area contributed by atoms with E-state index in [0.29, 0.717) is 5.69 Å². The van der Waals surface area contributed by atoms with Crippen LogP contribution in [-0.4, -0.2) is 23.0 Å². The van der Waals surface area contributed by atoms with Gasteiger partial charge in [-0.3, -0.25) is 9.59 Å². The highest BCUT2D eigenvalue weighted by atomic mass is 79.9. The second-order valence-corrected chi connectivity index (χ2v) is 6.55. The van der Waals surface area contributed by atoms with E-state index >= 15 is 0 Å². The molecular weight excluding hydrogens is 396 g/mol. The van der Waals surface area contributed by atoms with Crippen LogP contribution in [0.5, 0.6) is 0 Å². The second-order valence-electron chi connectivity index (χ2n) is 5.64. The quantitative estimate of drug-likeness (QED) is 0.424. The highest BCUT2D eigenvalue weighted by molar-refractivity contribution is 9.10. The molecule has 0 radical (unpaired) electrons. The van der Waals surface area contributed by atoms with Gasteiger partial charge < -0.3 is 10.3 Å². The van der Waals surface area contributed by atoms with Crippen LogP contribution in [0.4, 0.5) is 5.69 Å². The third kappa shape index (κ3) is 4.80. The molecule has 2 amide bonds. The molecule has 0 spiro atoms. The van der Waals surface area contributed by atoms with E-state index in [4.69, 9.17) is 0 Å². The van der Waals surface area contributed by atoms with E-state index in [9.17, 15) is 9.59 Å². The maximum Gasteiger partial charge on any atom is 0.240 e. The maximum atomic E-state index is 11.9. The minimum absolute atomic E-state index is 0.0631. The topological polar surface area (TPSA) is 86.3 Å². The Morgan fingerprint density at radius 1 is 1.04 bits per heavy atom. The molecule has 6 nitrogen and oxygen atoms in total. The second kappa shape index (κ2) is 8.44. The third-order valence-electron chi connectivity index (χ3n) is 3.72. The summed E-state index contributed by atoms with van der Waals surface area (Å²) in [6.45, 7) is 0. The number of aromatic nitrogens is 1. The van der Waals surface area contributed by atoms with Gasteiger partial charge in [-0.15, -0.1) is 0 Å². The number of fused-ring (bicyclic) bond motifs is 1. The molecule has 0 fully saturated rings. The zero-order valence-electron chi connectivity index (χ0n) is 13.8. The number of carbonyl (C=O) groups is 2. The minimum atomic E-state index is -0.313. The number of hydrogen-bond acceptors (Lipinski definition) is 3. The van der Waals surface area contributed by atoms with Gasteiger partial charge in [0.15, 0.2) is 0 Å². The number of amides is 2. The fourth-order valence-electron chi connectivity index (χ4n) is 2.41. The van der Waals surface area contributed by atoms with E-state index in [1.165, 1.54) is 0 Å². The predicted molar refractivity (Wildman–Crippen MR) is 106 cm³/mol. The Bertz CT molecular complexity index is 948. The molecule has 3 N–H and O–H groups in total. The average molecular weight is 413 g/mol. The molecule has 3 rings (SSSR count). The molecular formula is C19H17BrN4O2. The molecule has 1 heterocycles. The van der Waals surface area contributed by atoms with Crippen LogP contribution in [0, 0.1) is 0 Å². The first-order valence-electron chi connectivity index (χ1n) is 8.05. The molecule has 7 heteroatoms. The molecule has 0 aliphatic rings. The van der Waals surface area contributed by atoms with Crippen LogP contribution in [0.1, 0.15) is 18.4 Å². The van der Waals surface area contributed by atoms with Crippen LogP contribution in [0.3, 0.4) is 0 Å². The average Bonchev–Trinajstić information content (AvgIpc) is 3.05. The lowest BCUT2D eigenvalue weighted by atomic mass is 10.2. The summed E-state index contributed by atoms with van der Waals surface area (Å²) in [4.78, 5) is 26.8. The molecule has 0 atom stereocenters. The summed E-state index contributed by atoms with van der Waals surface area (Å²) in [7, 11) is 0. The number of hydrazone groups is 1. The maximum absolute atomic E-state index is 11.9. The molecule has 0 unspecified atom stereocenters. The van der Waals surface area contributed by atoms with Gasteiger partial charge in [0.1, 0.15) is 0 Å². The van der Waals surface area contributed by atoms with E-state index in [0.717, 1.165) is 20.9 Å². The van der Waals surface area contributed by atoms with Crippen molar-refractivity contribution >= 4 is 50.5 Å². The Morgan fingerprint density at radius 3 is 2.58 bits per heavy atom. The Labute approximate surface area is 158 Å². The summed E-state index contributed by atoms with van der Waals surface area (Å²) in [5.74, 6) is -0.532. The lowest BCUT2D eigenvalue weighted by molar-refractivity contribution is -0.124. The molecule has 3 aromatic rings. The van der Waals surface area contributed by atoms with E-state index in [1.54, 1.807) is 18.3 Å². The zero-order chi connectivity index (χ0) is 18.4. The fraction of sp³-hybridized carbons (Fsp3) is 0.105. The zero-order valence-corrected chi connectivity index (χ0v) is 15.4. The monoisotopic (exact) mass is 412 g/mol. The van der Waals surface area contributed by atoms with E-state index < -0.39 is 0 Å². The van der Waals surface area contributed by atoms with Gasteiger partial charge in [0.05, 0.1) is 6.21 Å². The number of para-hydroxylation sites is 1. The van der Waals surface area contributed by atoms with Crippen LogP contribution < -0.4 is 10.7 Å². The standard InChI is InChI=1S/C19H17BrN4O2/c20-14-5-7-15(8-6-14)23-18(25)9-10-19(26)24-22-12-13-11-21-17-4-2-1-3-16(13)17/h1-8,11-12,21H,9-10H2,(H,23,25)(H,24,26). The fourth-order valence-corrected chi connectivity index (χ4v) is 2.68. The summed E-state index contributed by atoms with van der Waals surface area (Å²) in [5, 5.41) is 7.72. The van der Waals surface area contributed by atoms with Crippen LogP contribution in [0.25, 0.3) is 10.9 Å². The van der Waals surface area contributed by atoms with Crippen molar-refractivity contribution < 1.29 is 9.59 Å². The Hall–Kier alpha value is -2.93. The van der Waals surface area contributed by atoms with E-state index in [2.05, 4.69) is 36.8 Å². The van der Waals surface area contributed by atoms with Gasteiger partial charge in [0.25, 0.3) is 0 Å². The normalized spacial score (nSPS) is 11.0. The number of anilines is 1. The van der Waals surface area contributed by atoms with Gasteiger partial charge in [0.2, 0.25) is 11.8 Å². The van der Waals surface area contributed by atoms with Gasteiger partial charge in [-0.2, -0.15) is 5.10 Å². The smallest absolute Gasteiger partial charge is 0.240 e. The highest BCUT2D eigenvalue weighted by Gasteiger charge is 2.07. The molecule has 26 heavy (non-hydrogen) atoms. The molecule has 0 bridgehead atoms. The lowest BCUT2D eigenvalue weighted by Crippen LogP contribution is -2.20. The summed E-state index contributed by atoms with van der Waals surface area (Å²) >= 11 is 3.33. The molecule has 1 aromatic heterocycles. The number of halogens is 1. The lowest BCUT2D eigenvalue weighted by Gasteiger charge is -2.04. The van der Waals surface area contributed by atoms with Gasteiger partial charge in [-0.25, -0.2) is 5.43 Å². The number of aromatic amines is 1. The van der Waals surface area contributed by atoms with Gasteiger partial charge in [-0.1, -0.05) is 34.1 Å². The number of carbonyl (C=O) groups excluding carboxylic acids is 2. The molecule has 0 saturated carbocycles. The van der Waals surface area contributed by atoms with Crippen molar-refractivity contribution in [2.24, 2.45) is 5.10 Å². The van der Waals surface area contributed by atoms with Gasteiger partial charge in [-0.05, 0) is 30.3 Å². The minimum Gasteiger partial charge on any atom is -0.361 e. The summed E-state index contributed by atoms with van der Waals surface area (Å²) in [5.41, 5.74) is 5.02. The van der Waals surface area contributed by atoms with Crippen LogP contribution >= 0.6 is 15.9 Å². The number of nitrogens with zero attached hydrogens (tertiary/aromatic N) is 1. The number of hydrogen-bond donors (Lipinski definition) is 3. The summed E-state index contributed by atoms with van der Waals surface area (Å²) < 4.78 is 0.933. The highest BCUT2D eigenvalue weighted by Crippen LogP contribution is 2.16. The largest absolute Gasteiger partial charge is 0.361 e. The van der Waals surface area contributed by atoms with Crippen molar-refractivity contribution in [3.05, 3.63) is 64.8 Å². The first-order valence-corrected chi connectivity index (χ1v) is 8.84. The Balaban J connectivity index is 1.45. The van der Waals surface area contributed by atoms with Crippen molar-refractivity contribution in [2.75, 3.05) is 5.32 Å². The van der Waals surface area contributed by atoms with Gasteiger partial charge >= 0.3 is 0 Å². The first kappa shape index (κ1) is 17.9. The van der Waals surface area contributed by atoms with Crippen molar-refractivity contribution in [2.45, 2.75) is 12.8 Å². The number of rotatable bonds is 6. The SMILES string of the molecule is O=C(CCC(=O)Nc1ccc(Br)cc1)NN=Cc1c[nH]c2ccccc12. The van der Waals surface area contributed by atoms with Crippen molar-refractivity contribution in [3.63, 3.8) is 0 Å². The summed E-state index contributed by atoms with van der Waals surface area (Å²) in [6, 6.07) is 15.1. The summed E-state index contributed by atoms with van der Waals surface area (Å²) in [6.07, 6.45) is 3.56. The first-order chi connectivity index (χ1) is 12.6. The van der Waals surface area contributed by atoms with E-state index in [-0.39, 0.29) is 24.7 Å². The van der Waals surface area contributed by atoms with Crippen molar-refractivity contribution in [3.8, 4) is 0 Å². The van der Waals surface area contributed by atoms with E-state index in [1.807, 2.05) is 42.6 Å². The van der Waals surface area contributed by atoms with Crippen LogP contribution in [-0.2, 0) is 9.59 Å². The number of nitrogens with one attached hydrogen (secondary N) is 3. The predicted octanol–water partition coefficient (Wildman–Crippen LogP) is 3.80. The van der Waals surface area contributed by atoms with Crippen molar-refractivity contribution in [1.29, 1.82) is 0 Å². The molecule has 0 saturated heterocycles.